The number of likely N-dealkylation sites (N-methyl/N-ethyl adjacent to an activating group) is 1. The number of ether oxygens (including phenoxy) is 2. The molecule has 0 radical (unpaired) electrons. The van der Waals surface area contributed by atoms with E-state index in [2.05, 4.69) is 9.62 Å². The molecule has 10 heteroatoms. The lowest BCUT2D eigenvalue weighted by molar-refractivity contribution is 0.0344. The van der Waals surface area contributed by atoms with Crippen molar-refractivity contribution >= 4 is 21.6 Å². The molecule has 0 aliphatic carbocycles. The van der Waals surface area contributed by atoms with E-state index in [0.717, 1.165) is 22.6 Å². The summed E-state index contributed by atoms with van der Waals surface area (Å²) in [5, 5.41) is 10.00. The lowest BCUT2D eigenvalue weighted by Gasteiger charge is -2.38. The fourth-order valence-electron chi connectivity index (χ4n) is 5.43. The Balaban J connectivity index is 1.39. The number of carbonyl (C=O) groups excluding carboxylic acids is 1. The van der Waals surface area contributed by atoms with Gasteiger partial charge in [-0.15, -0.1) is 0 Å². The van der Waals surface area contributed by atoms with Gasteiger partial charge in [-0.3, -0.25) is 14.4 Å². The zero-order valence-electron chi connectivity index (χ0n) is 26.6. The van der Waals surface area contributed by atoms with Crippen LogP contribution in [-0.4, -0.2) is 68.1 Å². The van der Waals surface area contributed by atoms with E-state index in [1.807, 2.05) is 75.5 Å². The lowest BCUT2D eigenvalue weighted by atomic mass is 9.99. The summed E-state index contributed by atoms with van der Waals surface area (Å²) in [6, 6.07) is 28.5. The molecule has 0 unspecified atom stereocenters. The van der Waals surface area contributed by atoms with Gasteiger partial charge in [0.1, 0.15) is 17.6 Å². The van der Waals surface area contributed by atoms with E-state index < -0.39 is 22.2 Å². The summed E-state index contributed by atoms with van der Waals surface area (Å²) in [5.74, 6) is 1.22. The average Bonchev–Trinajstić information content (AvgIpc) is 3.04. The molecule has 5 rings (SSSR count). The van der Waals surface area contributed by atoms with E-state index in [1.165, 1.54) is 0 Å². The number of aliphatic hydroxyl groups excluding tert-OH is 1. The topological polar surface area (TPSA) is 108 Å². The van der Waals surface area contributed by atoms with Crippen LogP contribution in [0.5, 0.6) is 17.2 Å². The standard InChI is InChI=1S/C36H41N3O6S/c1-25-13-19-31(20-14-25)46(42,43)37-33-12-8-11-32-35(33)45-34(26(2)21-39(36(32)41)27(3)24-40)23-38(4)22-28-15-17-30(18-16-28)44-29-9-6-5-7-10-29/h5-20,26-27,34,37,40H,21-24H2,1-4H3/t26-,27-,34-/m0/s1. The van der Waals surface area contributed by atoms with Gasteiger partial charge in [-0.1, -0.05) is 61.0 Å². The number of anilines is 1. The largest absolute Gasteiger partial charge is 0.486 e. The van der Waals surface area contributed by atoms with E-state index in [-0.39, 0.29) is 40.3 Å². The van der Waals surface area contributed by atoms with E-state index >= 15 is 0 Å². The van der Waals surface area contributed by atoms with Crippen LogP contribution in [0.1, 0.15) is 35.3 Å². The summed E-state index contributed by atoms with van der Waals surface area (Å²) in [6.45, 7) is 6.97. The third kappa shape index (κ3) is 7.88. The van der Waals surface area contributed by atoms with Crippen LogP contribution in [0.25, 0.3) is 0 Å². The van der Waals surface area contributed by atoms with Crippen LogP contribution in [0.3, 0.4) is 0 Å². The van der Waals surface area contributed by atoms with E-state index in [4.69, 9.17) is 9.47 Å². The quantitative estimate of drug-likeness (QED) is 0.208. The Morgan fingerprint density at radius 3 is 2.33 bits per heavy atom. The molecule has 1 aliphatic rings. The van der Waals surface area contributed by atoms with Crippen LogP contribution >= 0.6 is 0 Å². The molecule has 0 bridgehead atoms. The van der Waals surface area contributed by atoms with Crippen molar-refractivity contribution < 1.29 is 27.8 Å². The number of rotatable bonds is 11. The molecule has 0 spiro atoms. The van der Waals surface area contributed by atoms with E-state index in [1.54, 1.807) is 54.3 Å². The minimum absolute atomic E-state index is 0.105. The number of hydrogen-bond acceptors (Lipinski definition) is 7. The van der Waals surface area contributed by atoms with Gasteiger partial charge in [0, 0.05) is 25.6 Å². The molecule has 0 aromatic heterocycles. The van der Waals surface area contributed by atoms with Crippen molar-refractivity contribution in [2.24, 2.45) is 5.92 Å². The summed E-state index contributed by atoms with van der Waals surface area (Å²) in [5.41, 5.74) is 2.43. The van der Waals surface area contributed by atoms with Crippen molar-refractivity contribution in [2.45, 2.75) is 44.4 Å². The molecule has 1 aliphatic heterocycles. The number of amides is 1. The summed E-state index contributed by atoms with van der Waals surface area (Å²) in [4.78, 5) is 17.7. The Bertz CT molecular complexity index is 1730. The number of aliphatic hydroxyl groups is 1. The number of sulfonamides is 1. The SMILES string of the molecule is Cc1ccc(S(=O)(=O)Nc2cccc3c2O[C@@H](CN(C)Cc2ccc(Oc4ccccc4)cc2)[C@@H](C)CN([C@@H](C)CO)C3=O)cc1. The highest BCUT2D eigenvalue weighted by Gasteiger charge is 2.35. The number of nitrogens with zero attached hydrogens (tertiary/aromatic N) is 2. The minimum atomic E-state index is -3.97. The zero-order chi connectivity index (χ0) is 32.8. The van der Waals surface area contributed by atoms with Crippen LogP contribution in [0.4, 0.5) is 5.69 Å². The number of hydrogen-bond donors (Lipinski definition) is 2. The molecule has 242 valence electrons. The highest BCUT2D eigenvalue weighted by atomic mass is 32.2. The molecule has 0 fully saturated rings. The summed E-state index contributed by atoms with van der Waals surface area (Å²) >= 11 is 0. The second kappa shape index (κ2) is 14.4. The second-order valence-electron chi connectivity index (χ2n) is 12.0. The Morgan fingerprint density at radius 1 is 0.978 bits per heavy atom. The van der Waals surface area contributed by atoms with E-state index in [0.29, 0.717) is 19.6 Å². The predicted molar refractivity (Wildman–Crippen MR) is 179 cm³/mol. The van der Waals surface area contributed by atoms with Crippen LogP contribution in [0, 0.1) is 12.8 Å². The van der Waals surface area contributed by atoms with Gasteiger partial charge in [-0.05, 0) is 75.0 Å². The molecule has 9 nitrogen and oxygen atoms in total. The van der Waals surface area contributed by atoms with Crippen LogP contribution in [-0.2, 0) is 16.6 Å². The zero-order valence-corrected chi connectivity index (χ0v) is 27.4. The monoisotopic (exact) mass is 643 g/mol. The van der Waals surface area contributed by atoms with Gasteiger partial charge < -0.3 is 19.5 Å². The molecule has 1 amide bonds. The third-order valence-electron chi connectivity index (χ3n) is 8.11. The van der Waals surface area contributed by atoms with Gasteiger partial charge in [0.15, 0.2) is 5.75 Å². The fraction of sp³-hybridized carbons (Fsp3) is 0.306. The van der Waals surface area contributed by atoms with Crippen molar-refractivity contribution in [1.29, 1.82) is 0 Å². The maximum absolute atomic E-state index is 13.8. The lowest BCUT2D eigenvalue weighted by Crippen LogP contribution is -2.49. The van der Waals surface area contributed by atoms with Gasteiger partial charge in [-0.2, -0.15) is 0 Å². The fourth-order valence-corrected chi connectivity index (χ4v) is 6.50. The van der Waals surface area contributed by atoms with Crippen LogP contribution in [0.2, 0.25) is 0 Å². The Kier molecular flexibility index (Phi) is 10.3. The molecule has 2 N–H and O–H groups in total. The van der Waals surface area contributed by atoms with Crippen molar-refractivity contribution in [1.82, 2.24) is 9.80 Å². The minimum Gasteiger partial charge on any atom is -0.486 e. The number of aryl methyl sites for hydroxylation is 1. The van der Waals surface area contributed by atoms with Crippen LogP contribution < -0.4 is 14.2 Å². The Morgan fingerprint density at radius 2 is 1.65 bits per heavy atom. The van der Waals surface area contributed by atoms with Gasteiger partial charge in [-0.25, -0.2) is 8.42 Å². The highest BCUT2D eigenvalue weighted by molar-refractivity contribution is 7.92. The molecule has 3 atom stereocenters. The molecule has 0 saturated carbocycles. The summed E-state index contributed by atoms with van der Waals surface area (Å²) in [7, 11) is -1.98. The van der Waals surface area contributed by atoms with Gasteiger partial charge in [0.05, 0.1) is 28.8 Å². The number of carbonyl (C=O) groups is 1. The Hall–Kier alpha value is -4.38. The first-order valence-corrected chi connectivity index (χ1v) is 16.8. The molecular formula is C36H41N3O6S. The maximum Gasteiger partial charge on any atom is 0.262 e. The molecule has 1 heterocycles. The van der Waals surface area contributed by atoms with Crippen LogP contribution in [0.15, 0.2) is 102 Å². The van der Waals surface area contributed by atoms with Gasteiger partial charge in [0.25, 0.3) is 15.9 Å². The number of nitrogens with one attached hydrogen (secondary N) is 1. The Labute approximate surface area is 271 Å². The normalized spacial score (nSPS) is 17.4. The van der Waals surface area contributed by atoms with Gasteiger partial charge in [0.2, 0.25) is 0 Å². The average molecular weight is 644 g/mol. The van der Waals surface area contributed by atoms with E-state index in [9.17, 15) is 18.3 Å². The maximum atomic E-state index is 13.8. The van der Waals surface area contributed by atoms with Crippen molar-refractivity contribution in [2.75, 3.05) is 31.5 Å². The van der Waals surface area contributed by atoms with Crippen molar-refractivity contribution in [3.63, 3.8) is 0 Å². The van der Waals surface area contributed by atoms with Crippen molar-refractivity contribution in [3.8, 4) is 17.2 Å². The summed E-state index contributed by atoms with van der Waals surface area (Å²) in [6.07, 6.45) is -0.407. The summed E-state index contributed by atoms with van der Waals surface area (Å²) < 4.78 is 42.0. The predicted octanol–water partition coefficient (Wildman–Crippen LogP) is 5.94. The molecule has 46 heavy (non-hydrogen) atoms. The molecule has 0 saturated heterocycles. The third-order valence-corrected chi connectivity index (χ3v) is 9.49. The number of para-hydroxylation sites is 2. The number of fused-ring (bicyclic) bond motifs is 1. The number of benzene rings is 4. The first kappa shape index (κ1) is 33.0. The molecular weight excluding hydrogens is 602 g/mol. The molecule has 4 aromatic rings. The smallest absolute Gasteiger partial charge is 0.262 e. The highest BCUT2D eigenvalue weighted by Crippen LogP contribution is 2.36. The first-order chi connectivity index (χ1) is 22.0. The second-order valence-corrected chi connectivity index (χ2v) is 13.7. The van der Waals surface area contributed by atoms with Gasteiger partial charge >= 0.3 is 0 Å². The first-order valence-electron chi connectivity index (χ1n) is 15.4. The molecule has 4 aromatic carbocycles. The van der Waals surface area contributed by atoms with Crippen molar-refractivity contribution in [3.05, 3.63) is 114 Å².